The average molecular weight is 291 g/mol. The Morgan fingerprint density at radius 3 is 2.56 bits per heavy atom. The molecular weight excluding hydrogens is 264 g/mol. The largest absolute Gasteiger partial charge is 0.371 e. The highest BCUT2D eigenvalue weighted by molar-refractivity contribution is 9.09. The zero-order chi connectivity index (χ0) is 12.2. The third kappa shape index (κ3) is 4.37. The molecule has 0 radical (unpaired) electrons. The maximum absolute atomic E-state index is 6.36. The SMILES string of the molecule is CC(C)CC(C)OC1(CBr)CCCC(C)C1. The second-order valence-corrected chi connectivity index (χ2v) is 6.64. The third-order valence-corrected chi connectivity index (χ3v) is 4.57. The molecule has 1 aliphatic rings. The van der Waals surface area contributed by atoms with Gasteiger partial charge in [0.25, 0.3) is 0 Å². The lowest BCUT2D eigenvalue weighted by molar-refractivity contribution is -0.105. The summed E-state index contributed by atoms with van der Waals surface area (Å²) in [6, 6.07) is 0. The summed E-state index contributed by atoms with van der Waals surface area (Å²) >= 11 is 3.67. The standard InChI is InChI=1S/C14H27BrO/c1-11(2)8-13(4)16-14(10-15)7-5-6-12(3)9-14/h11-13H,5-10H2,1-4H3. The molecule has 3 unspecified atom stereocenters. The molecule has 0 aromatic carbocycles. The molecule has 0 heterocycles. The molecule has 0 aromatic heterocycles. The van der Waals surface area contributed by atoms with Crippen molar-refractivity contribution >= 4 is 15.9 Å². The number of rotatable bonds is 5. The summed E-state index contributed by atoms with van der Waals surface area (Å²) < 4.78 is 6.36. The van der Waals surface area contributed by atoms with Gasteiger partial charge in [0.2, 0.25) is 0 Å². The number of hydrogen-bond acceptors (Lipinski definition) is 1. The first kappa shape index (κ1) is 14.5. The Labute approximate surface area is 109 Å². The van der Waals surface area contributed by atoms with E-state index >= 15 is 0 Å². The van der Waals surface area contributed by atoms with Crippen molar-refractivity contribution in [3.05, 3.63) is 0 Å². The monoisotopic (exact) mass is 290 g/mol. The van der Waals surface area contributed by atoms with Crippen LogP contribution in [-0.4, -0.2) is 17.0 Å². The van der Waals surface area contributed by atoms with Crippen LogP contribution in [0.2, 0.25) is 0 Å². The van der Waals surface area contributed by atoms with Crippen LogP contribution in [0.1, 0.15) is 59.8 Å². The van der Waals surface area contributed by atoms with Crippen LogP contribution in [0.3, 0.4) is 0 Å². The van der Waals surface area contributed by atoms with Crippen LogP contribution >= 0.6 is 15.9 Å². The van der Waals surface area contributed by atoms with Gasteiger partial charge in [-0.25, -0.2) is 0 Å². The van der Waals surface area contributed by atoms with Gasteiger partial charge in [0, 0.05) is 5.33 Å². The predicted octanol–water partition coefficient (Wildman–Crippen LogP) is 4.78. The van der Waals surface area contributed by atoms with Gasteiger partial charge < -0.3 is 4.74 Å². The third-order valence-electron chi connectivity index (χ3n) is 3.55. The number of halogens is 1. The van der Waals surface area contributed by atoms with Crippen LogP contribution in [0.25, 0.3) is 0 Å². The quantitative estimate of drug-likeness (QED) is 0.662. The lowest BCUT2D eigenvalue weighted by Gasteiger charge is -2.41. The van der Waals surface area contributed by atoms with E-state index in [9.17, 15) is 0 Å². The van der Waals surface area contributed by atoms with E-state index < -0.39 is 0 Å². The molecule has 1 saturated carbocycles. The van der Waals surface area contributed by atoms with Crippen molar-refractivity contribution in [2.75, 3.05) is 5.33 Å². The van der Waals surface area contributed by atoms with Gasteiger partial charge in [-0.15, -0.1) is 0 Å². The molecule has 0 aromatic rings. The van der Waals surface area contributed by atoms with E-state index in [2.05, 4.69) is 43.6 Å². The van der Waals surface area contributed by atoms with Gasteiger partial charge in [0.05, 0.1) is 11.7 Å². The Morgan fingerprint density at radius 2 is 2.06 bits per heavy atom. The number of ether oxygens (including phenoxy) is 1. The van der Waals surface area contributed by atoms with Crippen LogP contribution in [0.5, 0.6) is 0 Å². The highest BCUT2D eigenvalue weighted by atomic mass is 79.9. The van der Waals surface area contributed by atoms with Crippen LogP contribution < -0.4 is 0 Å². The number of alkyl halides is 1. The Hall–Kier alpha value is 0.440. The van der Waals surface area contributed by atoms with Crippen molar-refractivity contribution in [2.24, 2.45) is 11.8 Å². The minimum atomic E-state index is 0.117. The summed E-state index contributed by atoms with van der Waals surface area (Å²) in [6.07, 6.45) is 6.70. The molecule has 1 nitrogen and oxygen atoms in total. The Morgan fingerprint density at radius 1 is 1.38 bits per heavy atom. The van der Waals surface area contributed by atoms with E-state index in [1.54, 1.807) is 0 Å². The molecule has 96 valence electrons. The smallest absolute Gasteiger partial charge is 0.0785 e. The van der Waals surface area contributed by atoms with Gasteiger partial charge in [0.15, 0.2) is 0 Å². The molecule has 16 heavy (non-hydrogen) atoms. The van der Waals surface area contributed by atoms with Crippen LogP contribution in [-0.2, 0) is 4.74 Å². The Balaban J connectivity index is 2.52. The van der Waals surface area contributed by atoms with E-state index in [1.165, 1.54) is 32.1 Å². The maximum atomic E-state index is 6.36. The van der Waals surface area contributed by atoms with Gasteiger partial charge in [0.1, 0.15) is 0 Å². The summed E-state index contributed by atoms with van der Waals surface area (Å²) in [7, 11) is 0. The van der Waals surface area contributed by atoms with Crippen molar-refractivity contribution in [3.63, 3.8) is 0 Å². The zero-order valence-electron chi connectivity index (χ0n) is 11.3. The topological polar surface area (TPSA) is 9.23 Å². The van der Waals surface area contributed by atoms with Gasteiger partial charge in [-0.3, -0.25) is 0 Å². The Bertz CT molecular complexity index is 205. The summed E-state index contributed by atoms with van der Waals surface area (Å²) in [5, 5.41) is 0.993. The van der Waals surface area contributed by atoms with Crippen molar-refractivity contribution in [1.82, 2.24) is 0 Å². The van der Waals surface area contributed by atoms with Gasteiger partial charge in [-0.05, 0) is 38.0 Å². The summed E-state index contributed by atoms with van der Waals surface area (Å²) in [6.45, 7) is 9.12. The van der Waals surface area contributed by atoms with E-state index in [0.29, 0.717) is 6.10 Å². The van der Waals surface area contributed by atoms with Crippen molar-refractivity contribution in [2.45, 2.75) is 71.5 Å². The van der Waals surface area contributed by atoms with E-state index in [1.807, 2.05) is 0 Å². The van der Waals surface area contributed by atoms with Gasteiger partial charge in [-0.2, -0.15) is 0 Å². The molecular formula is C14H27BrO. The predicted molar refractivity (Wildman–Crippen MR) is 74.2 cm³/mol. The van der Waals surface area contributed by atoms with Gasteiger partial charge >= 0.3 is 0 Å². The average Bonchev–Trinajstić information content (AvgIpc) is 2.16. The molecule has 1 rings (SSSR count). The second-order valence-electron chi connectivity index (χ2n) is 6.08. The normalized spacial score (nSPS) is 33.0. The minimum absolute atomic E-state index is 0.117. The molecule has 0 saturated heterocycles. The first-order chi connectivity index (χ1) is 7.47. The Kier molecular flexibility index (Phi) is 5.79. The first-order valence-corrected chi connectivity index (χ1v) is 7.83. The van der Waals surface area contributed by atoms with E-state index in [0.717, 1.165) is 17.2 Å². The van der Waals surface area contributed by atoms with Crippen molar-refractivity contribution < 1.29 is 4.74 Å². The molecule has 0 N–H and O–H groups in total. The second kappa shape index (κ2) is 6.39. The summed E-state index contributed by atoms with van der Waals surface area (Å²) in [5.41, 5.74) is 0.117. The summed E-state index contributed by atoms with van der Waals surface area (Å²) in [4.78, 5) is 0. The molecule has 0 spiro atoms. The fraction of sp³-hybridized carbons (Fsp3) is 1.00. The molecule has 2 heteroatoms. The van der Waals surface area contributed by atoms with E-state index in [-0.39, 0.29) is 5.60 Å². The fourth-order valence-electron chi connectivity index (χ4n) is 3.01. The first-order valence-electron chi connectivity index (χ1n) is 6.71. The lowest BCUT2D eigenvalue weighted by atomic mass is 9.80. The molecule has 3 atom stereocenters. The highest BCUT2D eigenvalue weighted by Crippen LogP contribution is 2.37. The molecule has 0 amide bonds. The summed E-state index contributed by atoms with van der Waals surface area (Å²) in [5.74, 6) is 1.54. The number of hydrogen-bond donors (Lipinski definition) is 0. The highest BCUT2D eigenvalue weighted by Gasteiger charge is 2.36. The molecule has 0 bridgehead atoms. The van der Waals surface area contributed by atoms with Crippen LogP contribution in [0.15, 0.2) is 0 Å². The molecule has 0 aliphatic heterocycles. The fourth-order valence-corrected chi connectivity index (χ4v) is 3.65. The minimum Gasteiger partial charge on any atom is -0.371 e. The molecule has 1 fully saturated rings. The van der Waals surface area contributed by atoms with Crippen molar-refractivity contribution in [1.29, 1.82) is 0 Å². The van der Waals surface area contributed by atoms with E-state index in [4.69, 9.17) is 4.74 Å². The van der Waals surface area contributed by atoms with Crippen molar-refractivity contribution in [3.8, 4) is 0 Å². The molecule has 1 aliphatic carbocycles. The lowest BCUT2D eigenvalue weighted by Crippen LogP contribution is -2.42. The van der Waals surface area contributed by atoms with Crippen LogP contribution in [0, 0.1) is 11.8 Å². The van der Waals surface area contributed by atoms with Gasteiger partial charge in [-0.1, -0.05) is 49.5 Å². The zero-order valence-corrected chi connectivity index (χ0v) is 12.8. The van der Waals surface area contributed by atoms with Crippen LogP contribution in [0.4, 0.5) is 0 Å². The maximum Gasteiger partial charge on any atom is 0.0785 e.